The summed E-state index contributed by atoms with van der Waals surface area (Å²) in [6, 6.07) is 15.9. The molecule has 1 saturated heterocycles. The zero-order valence-corrected chi connectivity index (χ0v) is 21.3. The summed E-state index contributed by atoms with van der Waals surface area (Å²) >= 11 is 15.6. The van der Waals surface area contributed by atoms with Gasteiger partial charge in [-0.15, -0.1) is 0 Å². The van der Waals surface area contributed by atoms with E-state index in [0.717, 1.165) is 10.5 Å². The van der Waals surface area contributed by atoms with Crippen LogP contribution >= 0.6 is 39.1 Å². The van der Waals surface area contributed by atoms with E-state index in [4.69, 9.17) is 32.7 Å². The molecule has 10 heteroatoms. The first-order chi connectivity index (χ1) is 16.8. The number of amides is 4. The number of barbiturate groups is 1. The van der Waals surface area contributed by atoms with Crippen molar-refractivity contribution in [3.63, 3.8) is 0 Å². The third-order valence-corrected chi connectivity index (χ3v) is 6.29. The molecule has 1 fully saturated rings. The van der Waals surface area contributed by atoms with Crippen molar-refractivity contribution in [3.8, 4) is 11.5 Å². The van der Waals surface area contributed by atoms with Crippen LogP contribution in [0.5, 0.6) is 11.5 Å². The van der Waals surface area contributed by atoms with Crippen LogP contribution in [0.25, 0.3) is 6.08 Å². The summed E-state index contributed by atoms with van der Waals surface area (Å²) in [4.78, 5) is 38.8. The molecule has 0 radical (unpaired) electrons. The Morgan fingerprint density at radius 3 is 2.43 bits per heavy atom. The summed E-state index contributed by atoms with van der Waals surface area (Å²) in [6.07, 6.45) is 1.37. The van der Waals surface area contributed by atoms with E-state index in [1.54, 1.807) is 30.3 Å². The minimum atomic E-state index is -0.846. The lowest BCUT2D eigenvalue weighted by Crippen LogP contribution is -2.54. The van der Waals surface area contributed by atoms with Gasteiger partial charge in [0.25, 0.3) is 11.8 Å². The van der Waals surface area contributed by atoms with E-state index < -0.39 is 17.8 Å². The molecule has 1 N–H and O–H groups in total. The molecular weight excluding hydrogens is 559 g/mol. The summed E-state index contributed by atoms with van der Waals surface area (Å²) in [7, 11) is 1.47. The standard InChI is InChI=1S/C25H17BrCl2N2O5/c1-34-21-12-14(11-19(26)22(21)35-13-15-4-2-3-5-20(15)28)10-18-23(31)29-25(33)30(24(18)32)17-8-6-16(27)7-9-17/h2-12H,13H2,1H3,(H,29,31,33). The predicted octanol–water partition coefficient (Wildman–Crippen LogP) is 6.01. The number of carbonyl (C=O) groups is 3. The molecular formula is C25H17BrCl2N2O5. The van der Waals surface area contributed by atoms with Crippen molar-refractivity contribution in [1.29, 1.82) is 0 Å². The van der Waals surface area contributed by atoms with E-state index in [2.05, 4.69) is 21.2 Å². The fourth-order valence-electron chi connectivity index (χ4n) is 3.38. The Labute approximate surface area is 219 Å². The molecule has 4 rings (SSSR count). The molecule has 3 aromatic carbocycles. The van der Waals surface area contributed by atoms with Crippen LogP contribution < -0.4 is 19.7 Å². The molecule has 1 aliphatic rings. The van der Waals surface area contributed by atoms with Crippen molar-refractivity contribution in [2.75, 3.05) is 12.0 Å². The average molecular weight is 576 g/mol. The highest BCUT2D eigenvalue weighted by Crippen LogP contribution is 2.38. The Morgan fingerprint density at radius 1 is 1.03 bits per heavy atom. The number of hydrogen-bond acceptors (Lipinski definition) is 5. The molecule has 7 nitrogen and oxygen atoms in total. The first-order valence-electron chi connectivity index (χ1n) is 10.2. The maximum Gasteiger partial charge on any atom is 0.335 e. The molecule has 0 aromatic heterocycles. The van der Waals surface area contributed by atoms with Crippen LogP contribution in [0.3, 0.4) is 0 Å². The van der Waals surface area contributed by atoms with Gasteiger partial charge in [0.2, 0.25) is 0 Å². The lowest BCUT2D eigenvalue weighted by Gasteiger charge is -2.26. The third-order valence-electron chi connectivity index (χ3n) is 5.08. The van der Waals surface area contributed by atoms with Gasteiger partial charge in [-0.1, -0.05) is 41.4 Å². The minimum absolute atomic E-state index is 0.203. The Hall–Kier alpha value is -3.33. The second-order valence-electron chi connectivity index (χ2n) is 7.35. The van der Waals surface area contributed by atoms with Crippen LogP contribution in [0.15, 0.2) is 70.7 Å². The van der Waals surface area contributed by atoms with Crippen molar-refractivity contribution in [3.05, 3.63) is 91.9 Å². The Balaban J connectivity index is 1.64. The summed E-state index contributed by atoms with van der Waals surface area (Å²) in [6.45, 7) is 0.203. The van der Waals surface area contributed by atoms with Crippen molar-refractivity contribution in [2.24, 2.45) is 0 Å². The fraction of sp³-hybridized carbons (Fsp3) is 0.0800. The summed E-state index contributed by atoms with van der Waals surface area (Å²) in [5.74, 6) is -0.783. The lowest BCUT2D eigenvalue weighted by molar-refractivity contribution is -0.122. The van der Waals surface area contributed by atoms with Gasteiger partial charge in [-0.25, -0.2) is 9.69 Å². The highest BCUT2D eigenvalue weighted by molar-refractivity contribution is 9.10. The van der Waals surface area contributed by atoms with Crippen LogP contribution in [0, 0.1) is 0 Å². The summed E-state index contributed by atoms with van der Waals surface area (Å²) < 4.78 is 11.9. The average Bonchev–Trinajstić information content (AvgIpc) is 2.83. The maximum absolute atomic E-state index is 13.1. The van der Waals surface area contributed by atoms with Crippen molar-refractivity contribution < 1.29 is 23.9 Å². The number of imide groups is 2. The van der Waals surface area contributed by atoms with E-state index in [1.807, 2.05) is 18.2 Å². The first-order valence-corrected chi connectivity index (χ1v) is 11.7. The first kappa shape index (κ1) is 24.8. The van der Waals surface area contributed by atoms with E-state index in [9.17, 15) is 14.4 Å². The topological polar surface area (TPSA) is 84.9 Å². The molecule has 0 spiro atoms. The third kappa shape index (κ3) is 5.35. The Bertz CT molecular complexity index is 1360. The lowest BCUT2D eigenvalue weighted by atomic mass is 10.1. The van der Waals surface area contributed by atoms with E-state index in [-0.39, 0.29) is 17.9 Å². The number of rotatable bonds is 6. The van der Waals surface area contributed by atoms with Gasteiger partial charge in [0, 0.05) is 15.6 Å². The van der Waals surface area contributed by atoms with Gasteiger partial charge in [-0.2, -0.15) is 0 Å². The molecule has 0 bridgehead atoms. The quantitative estimate of drug-likeness (QED) is 0.287. The van der Waals surface area contributed by atoms with Crippen LogP contribution in [0.4, 0.5) is 10.5 Å². The SMILES string of the molecule is COc1cc(C=C2C(=O)NC(=O)N(c3ccc(Cl)cc3)C2=O)cc(Br)c1OCc1ccccc1Cl. The number of carbonyl (C=O) groups excluding carboxylic acids is 3. The number of nitrogens with zero attached hydrogens (tertiary/aromatic N) is 1. The molecule has 4 amide bonds. The molecule has 0 atom stereocenters. The predicted molar refractivity (Wildman–Crippen MR) is 137 cm³/mol. The smallest absolute Gasteiger partial charge is 0.335 e. The van der Waals surface area contributed by atoms with Gasteiger partial charge in [-0.05, 0) is 70.0 Å². The van der Waals surface area contributed by atoms with Crippen LogP contribution in [-0.2, 0) is 16.2 Å². The number of anilines is 1. The highest BCUT2D eigenvalue weighted by Gasteiger charge is 2.36. The van der Waals surface area contributed by atoms with Crippen LogP contribution in [-0.4, -0.2) is 25.0 Å². The van der Waals surface area contributed by atoms with E-state index in [0.29, 0.717) is 31.6 Å². The van der Waals surface area contributed by atoms with Gasteiger partial charge < -0.3 is 9.47 Å². The van der Waals surface area contributed by atoms with Crippen molar-refractivity contribution >= 4 is 68.7 Å². The monoisotopic (exact) mass is 574 g/mol. The zero-order valence-electron chi connectivity index (χ0n) is 18.2. The number of halogens is 3. The second kappa shape index (κ2) is 10.5. The fourth-order valence-corrected chi connectivity index (χ4v) is 4.27. The van der Waals surface area contributed by atoms with E-state index in [1.165, 1.54) is 25.3 Å². The van der Waals surface area contributed by atoms with Gasteiger partial charge in [0.1, 0.15) is 12.2 Å². The molecule has 0 unspecified atom stereocenters. The number of hydrogen-bond donors (Lipinski definition) is 1. The largest absolute Gasteiger partial charge is 0.493 e. The number of benzene rings is 3. The number of urea groups is 1. The zero-order chi connectivity index (χ0) is 25.1. The number of ether oxygens (including phenoxy) is 2. The minimum Gasteiger partial charge on any atom is -0.493 e. The molecule has 1 heterocycles. The molecule has 0 saturated carbocycles. The van der Waals surface area contributed by atoms with Gasteiger partial charge >= 0.3 is 6.03 Å². The number of methoxy groups -OCH3 is 1. The summed E-state index contributed by atoms with van der Waals surface area (Å²) in [5.41, 5.74) is 1.32. The summed E-state index contributed by atoms with van der Waals surface area (Å²) in [5, 5.41) is 3.21. The highest BCUT2D eigenvalue weighted by atomic mass is 79.9. The van der Waals surface area contributed by atoms with Gasteiger partial charge in [0.05, 0.1) is 17.3 Å². The van der Waals surface area contributed by atoms with Crippen molar-refractivity contribution in [1.82, 2.24) is 5.32 Å². The maximum atomic E-state index is 13.1. The Morgan fingerprint density at radius 2 is 1.74 bits per heavy atom. The normalized spacial score (nSPS) is 14.8. The molecule has 1 aliphatic heterocycles. The van der Waals surface area contributed by atoms with Gasteiger partial charge in [-0.3, -0.25) is 14.9 Å². The Kier molecular flexibility index (Phi) is 7.45. The van der Waals surface area contributed by atoms with Crippen LogP contribution in [0.2, 0.25) is 10.0 Å². The number of nitrogens with one attached hydrogen (secondary N) is 1. The molecule has 35 heavy (non-hydrogen) atoms. The molecule has 3 aromatic rings. The molecule has 178 valence electrons. The van der Waals surface area contributed by atoms with Crippen molar-refractivity contribution in [2.45, 2.75) is 6.61 Å². The second-order valence-corrected chi connectivity index (χ2v) is 9.05. The molecule has 0 aliphatic carbocycles. The van der Waals surface area contributed by atoms with Crippen LogP contribution in [0.1, 0.15) is 11.1 Å². The van der Waals surface area contributed by atoms with Gasteiger partial charge in [0.15, 0.2) is 11.5 Å². The van der Waals surface area contributed by atoms with E-state index >= 15 is 0 Å².